The van der Waals surface area contributed by atoms with Gasteiger partial charge in [0.15, 0.2) is 0 Å². The SMILES string of the molecule is CCn1c(-c2ccc(Br)cc2O)nc2cc(OC)ccc21. The number of aryl methyl sites for hydroxylation is 1. The molecule has 0 atom stereocenters. The number of aromatic hydroxyl groups is 1. The third kappa shape index (κ3) is 2.38. The minimum absolute atomic E-state index is 0.210. The number of ether oxygens (including phenoxy) is 1. The van der Waals surface area contributed by atoms with E-state index in [-0.39, 0.29) is 5.75 Å². The molecule has 5 heteroatoms. The van der Waals surface area contributed by atoms with E-state index in [1.54, 1.807) is 13.2 Å². The van der Waals surface area contributed by atoms with Gasteiger partial charge in [-0.25, -0.2) is 4.98 Å². The van der Waals surface area contributed by atoms with Crippen molar-refractivity contribution in [2.45, 2.75) is 13.5 Å². The van der Waals surface area contributed by atoms with Crippen LogP contribution in [0.3, 0.4) is 0 Å². The van der Waals surface area contributed by atoms with Crippen molar-refractivity contribution in [1.82, 2.24) is 9.55 Å². The largest absolute Gasteiger partial charge is 0.507 e. The third-order valence-electron chi connectivity index (χ3n) is 3.47. The molecule has 21 heavy (non-hydrogen) atoms. The normalized spacial score (nSPS) is 11.0. The van der Waals surface area contributed by atoms with E-state index >= 15 is 0 Å². The van der Waals surface area contributed by atoms with Crippen molar-refractivity contribution in [3.05, 3.63) is 40.9 Å². The van der Waals surface area contributed by atoms with Gasteiger partial charge < -0.3 is 14.4 Å². The molecule has 0 saturated heterocycles. The summed E-state index contributed by atoms with van der Waals surface area (Å²) in [5.74, 6) is 1.74. The van der Waals surface area contributed by atoms with Gasteiger partial charge in [0.25, 0.3) is 0 Å². The molecule has 0 unspecified atom stereocenters. The van der Waals surface area contributed by atoms with Crippen LogP contribution in [-0.2, 0) is 6.54 Å². The summed E-state index contributed by atoms with van der Waals surface area (Å²) in [6.45, 7) is 2.83. The zero-order chi connectivity index (χ0) is 15.0. The minimum Gasteiger partial charge on any atom is -0.507 e. The predicted molar refractivity (Wildman–Crippen MR) is 86.8 cm³/mol. The highest BCUT2D eigenvalue weighted by Gasteiger charge is 2.15. The number of phenolic OH excluding ortho intramolecular Hbond substituents is 1. The van der Waals surface area contributed by atoms with E-state index in [1.165, 1.54) is 0 Å². The van der Waals surface area contributed by atoms with Crippen LogP contribution in [0.25, 0.3) is 22.4 Å². The van der Waals surface area contributed by atoms with Gasteiger partial charge in [-0.2, -0.15) is 0 Å². The third-order valence-corrected chi connectivity index (χ3v) is 3.97. The number of phenols is 1. The van der Waals surface area contributed by atoms with Crippen LogP contribution in [0.1, 0.15) is 6.92 Å². The highest BCUT2D eigenvalue weighted by molar-refractivity contribution is 9.10. The molecule has 3 aromatic rings. The molecule has 4 nitrogen and oxygen atoms in total. The lowest BCUT2D eigenvalue weighted by Crippen LogP contribution is -1.97. The molecule has 108 valence electrons. The number of halogens is 1. The summed E-state index contributed by atoms with van der Waals surface area (Å²) in [5.41, 5.74) is 2.60. The molecule has 0 aliphatic rings. The van der Waals surface area contributed by atoms with Crippen LogP contribution in [0.5, 0.6) is 11.5 Å². The molecule has 0 fully saturated rings. The van der Waals surface area contributed by atoms with Crippen molar-refractivity contribution in [1.29, 1.82) is 0 Å². The summed E-state index contributed by atoms with van der Waals surface area (Å²) in [5, 5.41) is 10.2. The maximum Gasteiger partial charge on any atom is 0.144 e. The van der Waals surface area contributed by atoms with Crippen LogP contribution < -0.4 is 4.74 Å². The van der Waals surface area contributed by atoms with Crippen molar-refractivity contribution in [3.63, 3.8) is 0 Å². The Balaban J connectivity index is 2.26. The second-order valence-electron chi connectivity index (χ2n) is 4.70. The molecule has 3 rings (SSSR count). The molecule has 1 aromatic heterocycles. The van der Waals surface area contributed by atoms with E-state index < -0.39 is 0 Å². The van der Waals surface area contributed by atoms with Crippen molar-refractivity contribution in [2.24, 2.45) is 0 Å². The number of aromatic nitrogens is 2. The lowest BCUT2D eigenvalue weighted by atomic mass is 10.2. The number of benzene rings is 2. The number of imidazole rings is 1. The van der Waals surface area contributed by atoms with Gasteiger partial charge in [-0.15, -0.1) is 0 Å². The number of hydrogen-bond donors (Lipinski definition) is 1. The van der Waals surface area contributed by atoms with Gasteiger partial charge >= 0.3 is 0 Å². The second-order valence-corrected chi connectivity index (χ2v) is 5.61. The molecule has 1 heterocycles. The van der Waals surface area contributed by atoms with Gasteiger partial charge in [-0.3, -0.25) is 0 Å². The van der Waals surface area contributed by atoms with Crippen molar-refractivity contribution in [3.8, 4) is 22.9 Å². The maximum atomic E-state index is 10.2. The van der Waals surface area contributed by atoms with Gasteiger partial charge in [-0.1, -0.05) is 15.9 Å². The predicted octanol–water partition coefficient (Wildman–Crippen LogP) is 4.20. The fraction of sp³-hybridized carbons (Fsp3) is 0.188. The van der Waals surface area contributed by atoms with Crippen LogP contribution in [-0.4, -0.2) is 21.8 Å². The molecule has 0 bridgehead atoms. The molecule has 0 aliphatic heterocycles. The monoisotopic (exact) mass is 346 g/mol. The molecule has 0 spiro atoms. The van der Waals surface area contributed by atoms with Crippen LogP contribution in [0, 0.1) is 0 Å². The van der Waals surface area contributed by atoms with E-state index in [4.69, 9.17) is 4.74 Å². The average Bonchev–Trinajstić information content (AvgIpc) is 2.84. The first-order valence-corrected chi connectivity index (χ1v) is 7.46. The van der Waals surface area contributed by atoms with E-state index in [2.05, 4.69) is 32.4 Å². The fourth-order valence-electron chi connectivity index (χ4n) is 2.46. The molecule has 1 N–H and O–H groups in total. The Morgan fingerprint density at radius 1 is 1.24 bits per heavy atom. The zero-order valence-electron chi connectivity index (χ0n) is 11.8. The van der Waals surface area contributed by atoms with E-state index in [0.29, 0.717) is 0 Å². The lowest BCUT2D eigenvalue weighted by Gasteiger charge is -2.08. The van der Waals surface area contributed by atoms with Crippen molar-refractivity contribution >= 4 is 27.0 Å². The first-order valence-electron chi connectivity index (χ1n) is 6.67. The highest BCUT2D eigenvalue weighted by atomic mass is 79.9. The molecule has 0 radical (unpaired) electrons. The number of nitrogens with zero attached hydrogens (tertiary/aromatic N) is 2. The summed E-state index contributed by atoms with van der Waals surface area (Å²) >= 11 is 3.35. The van der Waals surface area contributed by atoms with Crippen LogP contribution >= 0.6 is 15.9 Å². The number of rotatable bonds is 3. The molecular weight excluding hydrogens is 332 g/mol. The molecule has 0 amide bonds. The van der Waals surface area contributed by atoms with Crippen LogP contribution in [0.15, 0.2) is 40.9 Å². The summed E-state index contributed by atoms with van der Waals surface area (Å²) in [6, 6.07) is 11.3. The van der Waals surface area contributed by atoms with E-state index in [0.717, 1.165) is 39.2 Å². The van der Waals surface area contributed by atoms with E-state index in [1.807, 2.05) is 30.3 Å². The van der Waals surface area contributed by atoms with E-state index in [9.17, 15) is 5.11 Å². The van der Waals surface area contributed by atoms with Gasteiger partial charge in [-0.05, 0) is 37.3 Å². The average molecular weight is 347 g/mol. The summed E-state index contributed by atoms with van der Waals surface area (Å²) in [7, 11) is 1.64. The Bertz CT molecular complexity index is 811. The lowest BCUT2D eigenvalue weighted by molar-refractivity contribution is 0.415. The first kappa shape index (κ1) is 13.9. The topological polar surface area (TPSA) is 47.3 Å². The van der Waals surface area contributed by atoms with Crippen LogP contribution in [0.4, 0.5) is 0 Å². The fourth-order valence-corrected chi connectivity index (χ4v) is 2.81. The van der Waals surface area contributed by atoms with Gasteiger partial charge in [0.05, 0.1) is 23.7 Å². The molecular formula is C16H15BrN2O2. The van der Waals surface area contributed by atoms with Gasteiger partial charge in [0.1, 0.15) is 17.3 Å². The Morgan fingerprint density at radius 2 is 2.05 bits per heavy atom. The van der Waals surface area contributed by atoms with Crippen molar-refractivity contribution < 1.29 is 9.84 Å². The van der Waals surface area contributed by atoms with Gasteiger partial charge in [0, 0.05) is 17.1 Å². The number of methoxy groups -OCH3 is 1. The Morgan fingerprint density at radius 3 is 2.71 bits per heavy atom. The second kappa shape index (κ2) is 5.41. The highest BCUT2D eigenvalue weighted by Crippen LogP contribution is 2.34. The Kier molecular flexibility index (Phi) is 3.59. The standard InChI is InChI=1S/C16H15BrN2O2/c1-3-19-14-7-5-11(21-2)9-13(14)18-16(19)12-6-4-10(17)8-15(12)20/h4-9,20H,3H2,1-2H3. The Hall–Kier alpha value is -2.01. The minimum atomic E-state index is 0.210. The molecule has 0 saturated carbocycles. The van der Waals surface area contributed by atoms with Gasteiger partial charge in [0.2, 0.25) is 0 Å². The number of fused-ring (bicyclic) bond motifs is 1. The number of hydrogen-bond acceptors (Lipinski definition) is 3. The summed E-state index contributed by atoms with van der Waals surface area (Å²) < 4.78 is 8.16. The summed E-state index contributed by atoms with van der Waals surface area (Å²) in [4.78, 5) is 4.66. The molecule has 2 aromatic carbocycles. The quantitative estimate of drug-likeness (QED) is 0.772. The van der Waals surface area contributed by atoms with Crippen molar-refractivity contribution in [2.75, 3.05) is 7.11 Å². The smallest absolute Gasteiger partial charge is 0.144 e. The van der Waals surface area contributed by atoms with Crippen LogP contribution in [0.2, 0.25) is 0 Å². The Labute approximate surface area is 131 Å². The summed E-state index contributed by atoms with van der Waals surface area (Å²) in [6.07, 6.45) is 0. The maximum absolute atomic E-state index is 10.2. The first-order chi connectivity index (χ1) is 10.1. The zero-order valence-corrected chi connectivity index (χ0v) is 13.4. The molecule has 0 aliphatic carbocycles.